The number of rotatable bonds is 11. The molecule has 0 aliphatic carbocycles. The summed E-state index contributed by atoms with van der Waals surface area (Å²) in [7, 11) is 0. The average Bonchev–Trinajstić information content (AvgIpc) is 4.04. The van der Waals surface area contributed by atoms with Gasteiger partial charge in [-0.1, -0.05) is 48.5 Å². The van der Waals surface area contributed by atoms with Crippen molar-refractivity contribution in [2.75, 3.05) is 8.86 Å². The molecule has 0 spiro atoms. The van der Waals surface area contributed by atoms with Crippen molar-refractivity contribution in [2.45, 2.75) is 26.7 Å². The Morgan fingerprint density at radius 1 is 0.554 bits per heavy atom. The van der Waals surface area contributed by atoms with Crippen molar-refractivity contribution >= 4 is 70.9 Å². The molecule has 5 heterocycles. The number of imidazole rings is 1. The molecule has 0 amide bonds. The van der Waals surface area contributed by atoms with Crippen LogP contribution in [0.1, 0.15) is 26.7 Å². The molecule has 6 nitrogen and oxygen atoms in total. The van der Waals surface area contributed by atoms with Crippen LogP contribution < -0.4 is 47.1 Å². The van der Waals surface area contributed by atoms with Gasteiger partial charge in [-0.15, -0.1) is 5.39 Å². The number of ether oxygens (including phenoxy) is 1. The third-order valence-corrected chi connectivity index (χ3v) is 18.7. The molecule has 322 valence electrons. The summed E-state index contributed by atoms with van der Waals surface area (Å²) in [6.45, 7) is 4.60. The third-order valence-electron chi connectivity index (χ3n) is 12.0. The number of fused-ring (bicyclic) bond motifs is 13. The van der Waals surface area contributed by atoms with Gasteiger partial charge in [0.1, 0.15) is 5.82 Å². The molecule has 0 unspecified atom stereocenters. The molecule has 0 N–H and O–H groups in total. The number of aromatic nitrogens is 5. The number of benzene rings is 7. The Morgan fingerprint density at radius 3 is 1.98 bits per heavy atom. The maximum Gasteiger partial charge on any atom is 2.00 e. The zero-order valence-corrected chi connectivity index (χ0v) is 41.5. The van der Waals surface area contributed by atoms with Crippen LogP contribution >= 0.6 is 0 Å². The molecule has 5 aromatic heterocycles. The number of hydrogen-bond acceptors (Lipinski definition) is 3. The van der Waals surface area contributed by atoms with E-state index in [9.17, 15) is 0 Å². The van der Waals surface area contributed by atoms with E-state index in [0.29, 0.717) is 11.5 Å². The Kier molecular flexibility index (Phi) is 11.4. The molecule has 12 aromatic rings. The van der Waals surface area contributed by atoms with Gasteiger partial charge in [0.2, 0.25) is 0 Å². The summed E-state index contributed by atoms with van der Waals surface area (Å²) < 4.78 is 19.4. The van der Waals surface area contributed by atoms with Crippen LogP contribution in [0.5, 0.6) is 11.5 Å². The van der Waals surface area contributed by atoms with Gasteiger partial charge in [-0.3, -0.25) is 0 Å². The van der Waals surface area contributed by atoms with Crippen molar-refractivity contribution in [3.8, 4) is 34.3 Å². The van der Waals surface area contributed by atoms with Gasteiger partial charge < -0.3 is 9.13 Å². The minimum Gasteiger partial charge on any atom is 2.00 e. The van der Waals surface area contributed by atoms with Crippen molar-refractivity contribution in [2.24, 2.45) is 0 Å². The summed E-state index contributed by atoms with van der Waals surface area (Å²) in [5, 5.41) is 7.77. The first-order chi connectivity index (χ1) is 31.7. The van der Waals surface area contributed by atoms with Crippen molar-refractivity contribution in [1.29, 1.82) is 0 Å². The second-order valence-electron chi connectivity index (χ2n) is 15.9. The predicted octanol–water partition coefficient (Wildman–Crippen LogP) is 7.62. The van der Waals surface area contributed by atoms with E-state index in [1.165, 1.54) is 56.3 Å². The SMILES string of the molecule is CCC[I-]c1cccc([I-]CCC)c1-c1cnc2c3[c-]c(Oc4[c-]c5c(cc4)c4ccc6c(c7ccccc7n6-c6ccccc6)c4n5-c4ccccn4)ccc3c3ccccc3n12.[Pd+2]. The summed E-state index contributed by atoms with van der Waals surface area (Å²) in [6, 6.07) is 61.5. The van der Waals surface area contributed by atoms with Crippen LogP contribution in [0.25, 0.3) is 93.7 Å². The number of pyridine rings is 2. The van der Waals surface area contributed by atoms with E-state index < -0.39 is 0 Å². The van der Waals surface area contributed by atoms with Crippen LogP contribution in [-0.4, -0.2) is 32.4 Å². The topological polar surface area (TPSA) is 49.3 Å². The third kappa shape index (κ3) is 7.05. The fraction of sp³-hybridized carbons (Fsp3) is 0.107. The van der Waals surface area contributed by atoms with E-state index >= 15 is 0 Å². The van der Waals surface area contributed by atoms with Crippen LogP contribution in [0, 0.1) is 19.3 Å². The second kappa shape index (κ2) is 17.7. The number of halogens is 2. The van der Waals surface area contributed by atoms with Gasteiger partial charge in [0.15, 0.2) is 0 Å². The Hall–Kier alpha value is -5.58. The Morgan fingerprint density at radius 2 is 1.23 bits per heavy atom. The zero-order valence-electron chi connectivity index (χ0n) is 35.6. The van der Waals surface area contributed by atoms with Gasteiger partial charge in [0.25, 0.3) is 0 Å². The Labute approximate surface area is 411 Å². The normalized spacial score (nSPS) is 11.9. The van der Waals surface area contributed by atoms with Gasteiger partial charge in [0, 0.05) is 22.7 Å². The van der Waals surface area contributed by atoms with Crippen LogP contribution in [-0.2, 0) is 20.4 Å². The number of alkyl halides is 2. The van der Waals surface area contributed by atoms with Crippen molar-refractivity contribution in [3.05, 3.63) is 183 Å². The van der Waals surface area contributed by atoms with Crippen LogP contribution in [0.4, 0.5) is 0 Å². The number of hydrogen-bond donors (Lipinski definition) is 0. The molecule has 9 heteroatoms. The van der Waals surface area contributed by atoms with Crippen LogP contribution in [0.2, 0.25) is 0 Å². The first-order valence-electron chi connectivity index (χ1n) is 21.8. The van der Waals surface area contributed by atoms with Crippen LogP contribution in [0.3, 0.4) is 0 Å². The molecule has 65 heavy (non-hydrogen) atoms. The van der Waals surface area contributed by atoms with Crippen molar-refractivity contribution in [3.63, 3.8) is 0 Å². The molecule has 0 aliphatic rings. The van der Waals surface area contributed by atoms with Gasteiger partial charge >= 0.3 is 260 Å². The molecule has 0 saturated carbocycles. The van der Waals surface area contributed by atoms with Gasteiger partial charge in [-0.05, 0) is 41.8 Å². The molecule has 0 atom stereocenters. The molecule has 0 radical (unpaired) electrons. The first kappa shape index (κ1) is 42.1. The van der Waals surface area contributed by atoms with E-state index in [-0.39, 0.29) is 62.8 Å². The van der Waals surface area contributed by atoms with Gasteiger partial charge in [0.05, 0.1) is 16.6 Å². The van der Waals surface area contributed by atoms with Crippen molar-refractivity contribution < 1.29 is 67.6 Å². The smallest absolute Gasteiger partial charge is 2.00 e. The monoisotopic (exact) mass is 1160 g/mol. The molecule has 12 rings (SSSR count). The number of para-hydroxylation sites is 3. The van der Waals surface area contributed by atoms with Gasteiger partial charge in [-0.2, -0.15) is 0 Å². The summed E-state index contributed by atoms with van der Waals surface area (Å²) >= 11 is -0.261. The fourth-order valence-corrected chi connectivity index (χ4v) is 14.9. The minimum atomic E-state index is -0.130. The maximum absolute atomic E-state index is 6.80. The Bertz CT molecular complexity index is 3720. The second-order valence-corrected chi connectivity index (χ2v) is 21.9. The zero-order chi connectivity index (χ0) is 42.7. The van der Waals surface area contributed by atoms with E-state index in [4.69, 9.17) is 14.7 Å². The molecule has 0 aliphatic heterocycles. The average molecular weight is 1160 g/mol. The van der Waals surface area contributed by atoms with E-state index in [2.05, 4.69) is 173 Å². The predicted molar refractivity (Wildman–Crippen MR) is 254 cm³/mol. The summed E-state index contributed by atoms with van der Waals surface area (Å²) in [5.41, 5.74) is 10.0. The summed E-state index contributed by atoms with van der Waals surface area (Å²) in [5.74, 6) is 2.03. The summed E-state index contributed by atoms with van der Waals surface area (Å²) in [6.07, 6.45) is 6.39. The largest absolute Gasteiger partial charge is 2.00 e. The standard InChI is InChI=1S/C56H41I2N5O.Pd/c1-3-30-57-45-19-14-20-46(58-31-4-2)54(45)51-35-60-56-44-33-37(24-26-39(44)40-17-8-10-21-47(40)62(51)56)64-38-25-27-41-42-28-29-49-53(55(42)63(50(41)34-38)52-23-12-13-32-59-52)43-18-9-11-22-48(43)61(49)36-15-6-5-7-16-36;/h5-29,32,35H,3-4,30-31H2,1-2H3;/q-4;+2. The molecule has 0 fully saturated rings. The van der Waals surface area contributed by atoms with E-state index in [1.54, 1.807) is 0 Å². The first-order valence-corrected chi connectivity index (χ1v) is 27.0. The molecule has 7 aromatic carbocycles. The van der Waals surface area contributed by atoms with Gasteiger partial charge in [-0.25, -0.2) is 4.98 Å². The molecular weight excluding hydrogens is 1120 g/mol. The summed E-state index contributed by atoms with van der Waals surface area (Å²) in [4.78, 5) is 10.1. The molecular formula is C56H41I2N5OPd-2. The minimum absolute atomic E-state index is 0. The maximum atomic E-state index is 6.80. The van der Waals surface area contributed by atoms with Crippen molar-refractivity contribution in [1.82, 2.24) is 23.5 Å². The Balaban J connectivity index is 0.00000469. The fourth-order valence-electron chi connectivity index (χ4n) is 9.35. The quantitative estimate of drug-likeness (QED) is 0.0441. The van der Waals surface area contributed by atoms with E-state index in [1.807, 2.05) is 30.5 Å². The van der Waals surface area contributed by atoms with E-state index in [0.717, 1.165) is 66.3 Å². The molecule has 0 saturated heterocycles. The number of nitrogens with zero attached hydrogens (tertiary/aromatic N) is 5. The van der Waals surface area contributed by atoms with Crippen LogP contribution in [0.15, 0.2) is 164 Å². The molecule has 0 bridgehead atoms.